The van der Waals surface area contributed by atoms with Gasteiger partial charge in [0, 0.05) is 40.3 Å². The number of thiophene rings is 1. The van der Waals surface area contributed by atoms with Crippen LogP contribution in [0, 0.1) is 13.8 Å². The zero-order chi connectivity index (χ0) is 20.9. The highest BCUT2D eigenvalue weighted by Crippen LogP contribution is 2.38. The van der Waals surface area contributed by atoms with E-state index in [1.807, 2.05) is 29.8 Å². The molecule has 4 aromatic heterocycles. The maximum atomic E-state index is 12.8. The van der Waals surface area contributed by atoms with Crippen LogP contribution in [0.25, 0.3) is 15.9 Å². The van der Waals surface area contributed by atoms with Crippen molar-refractivity contribution in [3.8, 4) is 5.82 Å². The van der Waals surface area contributed by atoms with E-state index in [4.69, 9.17) is 5.10 Å². The molecule has 6 nitrogen and oxygen atoms in total. The first-order valence-corrected chi connectivity index (χ1v) is 11.0. The SMILES string of the molecule is Cc1nn(-c2ccccn2)c(C)c1Cc1sc2c(C(C)C)nn(C)c(=O)c2c1Br. The van der Waals surface area contributed by atoms with Crippen LogP contribution in [0.2, 0.25) is 0 Å². The van der Waals surface area contributed by atoms with Gasteiger partial charge in [-0.25, -0.2) is 14.3 Å². The van der Waals surface area contributed by atoms with Crippen molar-refractivity contribution in [3.63, 3.8) is 0 Å². The largest absolute Gasteiger partial charge is 0.276 e. The van der Waals surface area contributed by atoms with Crippen LogP contribution in [0.3, 0.4) is 0 Å². The van der Waals surface area contributed by atoms with Gasteiger partial charge in [0.25, 0.3) is 5.56 Å². The van der Waals surface area contributed by atoms with Crippen molar-refractivity contribution in [2.24, 2.45) is 7.05 Å². The number of nitrogens with zero attached hydrogens (tertiary/aromatic N) is 5. The second-order valence-electron chi connectivity index (χ2n) is 7.44. The molecule has 0 aliphatic rings. The summed E-state index contributed by atoms with van der Waals surface area (Å²) >= 11 is 5.35. The van der Waals surface area contributed by atoms with E-state index >= 15 is 0 Å². The predicted octanol–water partition coefficient (Wildman–Crippen LogP) is 4.67. The van der Waals surface area contributed by atoms with Crippen molar-refractivity contribution in [3.05, 3.63) is 66.7 Å². The van der Waals surface area contributed by atoms with Crippen molar-refractivity contribution in [1.29, 1.82) is 0 Å². The lowest BCUT2D eigenvalue weighted by molar-refractivity contribution is 0.667. The minimum absolute atomic E-state index is 0.0728. The molecule has 0 aromatic carbocycles. The summed E-state index contributed by atoms with van der Waals surface area (Å²) in [7, 11) is 1.71. The maximum absolute atomic E-state index is 12.8. The Morgan fingerprint density at radius 3 is 2.62 bits per heavy atom. The molecule has 29 heavy (non-hydrogen) atoms. The van der Waals surface area contributed by atoms with Gasteiger partial charge in [-0.15, -0.1) is 11.3 Å². The Labute approximate surface area is 181 Å². The number of aryl methyl sites for hydroxylation is 2. The van der Waals surface area contributed by atoms with E-state index in [-0.39, 0.29) is 11.5 Å². The predicted molar refractivity (Wildman–Crippen MR) is 120 cm³/mol. The molecule has 0 bridgehead atoms. The summed E-state index contributed by atoms with van der Waals surface area (Å²) in [6.45, 7) is 8.28. The van der Waals surface area contributed by atoms with E-state index in [1.165, 1.54) is 4.68 Å². The third-order valence-electron chi connectivity index (χ3n) is 5.11. The van der Waals surface area contributed by atoms with Gasteiger partial charge in [0.1, 0.15) is 0 Å². The van der Waals surface area contributed by atoms with Gasteiger partial charge in [-0.2, -0.15) is 10.2 Å². The Balaban J connectivity index is 1.85. The van der Waals surface area contributed by atoms with E-state index in [2.05, 4.69) is 46.8 Å². The molecule has 0 N–H and O–H groups in total. The molecule has 8 heteroatoms. The molecule has 0 spiro atoms. The van der Waals surface area contributed by atoms with Gasteiger partial charge in [-0.3, -0.25) is 4.79 Å². The molecule has 150 valence electrons. The lowest BCUT2D eigenvalue weighted by atomic mass is 10.1. The molecule has 0 atom stereocenters. The normalized spacial score (nSPS) is 11.7. The van der Waals surface area contributed by atoms with Gasteiger partial charge in [0.05, 0.1) is 21.5 Å². The van der Waals surface area contributed by atoms with Crippen LogP contribution >= 0.6 is 27.3 Å². The zero-order valence-electron chi connectivity index (χ0n) is 17.0. The number of aromatic nitrogens is 5. The summed E-state index contributed by atoms with van der Waals surface area (Å²) < 4.78 is 5.16. The third kappa shape index (κ3) is 3.34. The summed E-state index contributed by atoms with van der Waals surface area (Å²) in [6, 6.07) is 5.80. The number of fused-ring (bicyclic) bond motifs is 1. The lowest BCUT2D eigenvalue weighted by Crippen LogP contribution is -2.21. The molecule has 0 aliphatic carbocycles. The zero-order valence-corrected chi connectivity index (χ0v) is 19.4. The van der Waals surface area contributed by atoms with E-state index in [1.54, 1.807) is 24.6 Å². The Hall–Kier alpha value is -2.32. The molecule has 0 saturated carbocycles. The monoisotopic (exact) mass is 471 g/mol. The molecule has 0 unspecified atom stereocenters. The van der Waals surface area contributed by atoms with Crippen LogP contribution in [0.15, 0.2) is 33.7 Å². The highest BCUT2D eigenvalue weighted by Gasteiger charge is 2.22. The average Bonchev–Trinajstić information content (AvgIpc) is 3.17. The molecule has 0 saturated heterocycles. The Bertz CT molecular complexity index is 1270. The number of hydrogen-bond acceptors (Lipinski definition) is 5. The van der Waals surface area contributed by atoms with Crippen LogP contribution in [0.4, 0.5) is 0 Å². The minimum Gasteiger partial charge on any atom is -0.267 e. The summed E-state index contributed by atoms with van der Waals surface area (Å²) in [5, 5.41) is 9.93. The van der Waals surface area contributed by atoms with Gasteiger partial charge in [0.15, 0.2) is 5.82 Å². The Kier molecular flexibility index (Phi) is 5.16. The number of pyridine rings is 1. The lowest BCUT2D eigenvalue weighted by Gasteiger charge is -2.07. The van der Waals surface area contributed by atoms with Gasteiger partial charge in [-0.1, -0.05) is 19.9 Å². The van der Waals surface area contributed by atoms with Crippen LogP contribution < -0.4 is 5.56 Å². The molecule has 0 radical (unpaired) electrons. The first kappa shape index (κ1) is 20.0. The van der Waals surface area contributed by atoms with Crippen molar-refractivity contribution < 1.29 is 0 Å². The Morgan fingerprint density at radius 1 is 1.21 bits per heavy atom. The molecule has 0 amide bonds. The van der Waals surface area contributed by atoms with Crippen molar-refractivity contribution in [2.75, 3.05) is 0 Å². The van der Waals surface area contributed by atoms with E-state index in [9.17, 15) is 4.79 Å². The number of rotatable bonds is 4. The number of hydrogen-bond donors (Lipinski definition) is 0. The molecule has 4 heterocycles. The molecule has 4 aromatic rings. The topological polar surface area (TPSA) is 65.6 Å². The van der Waals surface area contributed by atoms with Crippen molar-refractivity contribution in [1.82, 2.24) is 24.5 Å². The third-order valence-corrected chi connectivity index (χ3v) is 7.46. The fourth-order valence-electron chi connectivity index (χ4n) is 3.53. The standard InChI is InChI=1S/C21H22BrN5OS/c1-11(2)19-20-17(21(28)26(5)25-19)18(22)15(29-20)10-14-12(3)24-27(13(14)4)16-8-6-7-9-23-16/h6-9,11H,10H2,1-5H3. The highest BCUT2D eigenvalue weighted by molar-refractivity contribution is 9.10. The summed E-state index contributed by atoms with van der Waals surface area (Å²) in [5.41, 5.74) is 4.06. The number of halogens is 1. The summed E-state index contributed by atoms with van der Waals surface area (Å²) in [4.78, 5) is 18.3. The first-order valence-electron chi connectivity index (χ1n) is 9.44. The smallest absolute Gasteiger partial charge is 0.267 e. The van der Waals surface area contributed by atoms with Crippen molar-refractivity contribution in [2.45, 2.75) is 40.0 Å². The second kappa shape index (κ2) is 7.50. The summed E-state index contributed by atoms with van der Waals surface area (Å²) in [6.07, 6.45) is 2.47. The van der Waals surface area contributed by atoms with E-state index in [0.717, 1.165) is 47.9 Å². The van der Waals surface area contributed by atoms with E-state index in [0.29, 0.717) is 6.42 Å². The molecule has 0 fully saturated rings. The maximum Gasteiger partial charge on any atom is 0.276 e. The van der Waals surface area contributed by atoms with Crippen LogP contribution in [0.1, 0.15) is 47.3 Å². The van der Waals surface area contributed by atoms with Gasteiger partial charge in [-0.05, 0) is 47.8 Å². The van der Waals surface area contributed by atoms with E-state index < -0.39 is 0 Å². The molecular formula is C21H22BrN5OS. The van der Waals surface area contributed by atoms with Crippen LogP contribution in [-0.2, 0) is 13.5 Å². The summed E-state index contributed by atoms with van der Waals surface area (Å²) in [5.74, 6) is 1.04. The van der Waals surface area contributed by atoms with Gasteiger partial charge >= 0.3 is 0 Å². The highest BCUT2D eigenvalue weighted by atomic mass is 79.9. The Morgan fingerprint density at radius 2 is 1.97 bits per heavy atom. The molecule has 0 aliphatic heterocycles. The quantitative estimate of drug-likeness (QED) is 0.433. The first-order chi connectivity index (χ1) is 13.8. The van der Waals surface area contributed by atoms with Crippen molar-refractivity contribution >= 4 is 37.4 Å². The fourth-order valence-corrected chi connectivity index (χ4v) is 5.74. The second-order valence-corrected chi connectivity index (χ2v) is 9.34. The van der Waals surface area contributed by atoms with Crippen LogP contribution in [-0.4, -0.2) is 24.5 Å². The minimum atomic E-state index is -0.0728. The van der Waals surface area contributed by atoms with Gasteiger partial charge < -0.3 is 0 Å². The molecule has 4 rings (SSSR count). The average molecular weight is 472 g/mol. The molecular weight excluding hydrogens is 450 g/mol. The fraction of sp³-hybridized carbons (Fsp3) is 0.333. The van der Waals surface area contributed by atoms with Crippen LogP contribution in [0.5, 0.6) is 0 Å². The van der Waals surface area contributed by atoms with Gasteiger partial charge in [0.2, 0.25) is 0 Å².